The van der Waals surface area contributed by atoms with Crippen LogP contribution < -0.4 is 16.4 Å². The number of primary amides is 1. The number of halogens is 4. The van der Waals surface area contributed by atoms with Crippen molar-refractivity contribution in [3.63, 3.8) is 0 Å². The Morgan fingerprint density at radius 3 is 2.53 bits per heavy atom. The van der Waals surface area contributed by atoms with E-state index in [2.05, 4.69) is 30.8 Å². The van der Waals surface area contributed by atoms with E-state index in [1.807, 2.05) is 0 Å². The standard InChI is InChI=1S/C22H17ClF3N7O3/c23-15-8-12(6-7-13(15)17(27)35)29-21-28-9-14(19-32-33-20(36-19)22(24,25)26)18(31-21)30-16(10-34)11-4-2-1-3-5-11/h1-9,16,34H,10H2,(H2,27,35)(H2,28,29,30,31)/t16-/m1/s1. The van der Waals surface area contributed by atoms with Crippen LogP contribution in [0.4, 0.5) is 30.6 Å². The van der Waals surface area contributed by atoms with Gasteiger partial charge in [-0.2, -0.15) is 18.2 Å². The van der Waals surface area contributed by atoms with Crippen molar-refractivity contribution in [2.24, 2.45) is 5.73 Å². The Balaban J connectivity index is 1.72. The van der Waals surface area contributed by atoms with E-state index >= 15 is 0 Å². The van der Waals surface area contributed by atoms with Crippen LogP contribution in [-0.2, 0) is 6.18 Å². The fourth-order valence-electron chi connectivity index (χ4n) is 3.16. The summed E-state index contributed by atoms with van der Waals surface area (Å²) in [6.07, 6.45) is -3.65. The van der Waals surface area contributed by atoms with Gasteiger partial charge in [0.1, 0.15) is 5.82 Å². The Kier molecular flexibility index (Phi) is 7.03. The van der Waals surface area contributed by atoms with E-state index < -0.39 is 29.9 Å². The van der Waals surface area contributed by atoms with Crippen LogP contribution in [0.2, 0.25) is 5.02 Å². The molecule has 0 aliphatic carbocycles. The van der Waals surface area contributed by atoms with Gasteiger partial charge in [-0.15, -0.1) is 10.2 Å². The molecule has 186 valence electrons. The van der Waals surface area contributed by atoms with E-state index in [1.165, 1.54) is 24.4 Å². The average molecular weight is 520 g/mol. The summed E-state index contributed by atoms with van der Waals surface area (Å²) in [4.78, 5) is 19.8. The monoisotopic (exact) mass is 519 g/mol. The third-order valence-electron chi connectivity index (χ3n) is 4.87. The highest BCUT2D eigenvalue weighted by molar-refractivity contribution is 6.34. The summed E-state index contributed by atoms with van der Waals surface area (Å²) < 4.78 is 43.8. The number of hydrogen-bond donors (Lipinski definition) is 4. The van der Waals surface area contributed by atoms with Crippen LogP contribution in [0.15, 0.2) is 59.1 Å². The van der Waals surface area contributed by atoms with Crippen molar-refractivity contribution in [1.82, 2.24) is 20.2 Å². The topological polar surface area (TPSA) is 152 Å². The highest BCUT2D eigenvalue weighted by Gasteiger charge is 2.38. The number of aliphatic hydroxyl groups is 1. The lowest BCUT2D eigenvalue weighted by Gasteiger charge is -2.19. The van der Waals surface area contributed by atoms with Crippen LogP contribution in [0.25, 0.3) is 11.5 Å². The maximum absolute atomic E-state index is 13.0. The molecule has 0 saturated heterocycles. The van der Waals surface area contributed by atoms with Crippen LogP contribution in [0.1, 0.15) is 27.9 Å². The molecule has 14 heteroatoms. The van der Waals surface area contributed by atoms with Gasteiger partial charge in [-0.05, 0) is 23.8 Å². The zero-order chi connectivity index (χ0) is 25.9. The Morgan fingerprint density at radius 2 is 1.92 bits per heavy atom. The molecule has 0 fully saturated rings. The van der Waals surface area contributed by atoms with Crippen molar-refractivity contribution in [2.75, 3.05) is 17.2 Å². The predicted molar refractivity (Wildman–Crippen MR) is 123 cm³/mol. The molecule has 4 rings (SSSR count). The molecule has 0 unspecified atom stereocenters. The van der Waals surface area contributed by atoms with Gasteiger partial charge in [-0.1, -0.05) is 41.9 Å². The molecule has 4 aromatic rings. The molecule has 10 nitrogen and oxygen atoms in total. The number of benzene rings is 2. The summed E-state index contributed by atoms with van der Waals surface area (Å²) in [6, 6.07) is 12.5. The Labute approximate surface area is 206 Å². The number of carbonyl (C=O) groups excluding carboxylic acids is 1. The van der Waals surface area contributed by atoms with Gasteiger partial charge in [0, 0.05) is 11.9 Å². The van der Waals surface area contributed by atoms with Crippen LogP contribution in [-0.4, -0.2) is 37.8 Å². The molecule has 2 heterocycles. The number of nitrogens with zero attached hydrogens (tertiary/aromatic N) is 4. The molecule has 1 amide bonds. The van der Waals surface area contributed by atoms with Gasteiger partial charge >= 0.3 is 12.1 Å². The summed E-state index contributed by atoms with van der Waals surface area (Å²) in [7, 11) is 0. The Morgan fingerprint density at radius 1 is 1.17 bits per heavy atom. The zero-order valence-electron chi connectivity index (χ0n) is 18.1. The molecule has 0 aliphatic heterocycles. The van der Waals surface area contributed by atoms with E-state index in [4.69, 9.17) is 21.8 Å². The van der Waals surface area contributed by atoms with Crippen molar-refractivity contribution in [3.8, 4) is 11.5 Å². The van der Waals surface area contributed by atoms with Gasteiger partial charge in [-0.3, -0.25) is 4.79 Å². The quantitative estimate of drug-likeness (QED) is 0.268. The van der Waals surface area contributed by atoms with Crippen molar-refractivity contribution >= 4 is 35.0 Å². The minimum atomic E-state index is -4.84. The summed E-state index contributed by atoms with van der Waals surface area (Å²) in [5, 5.41) is 22.4. The third-order valence-corrected chi connectivity index (χ3v) is 5.19. The maximum Gasteiger partial charge on any atom is 0.470 e. The molecule has 2 aromatic heterocycles. The Hall–Kier alpha value is -4.23. The molecular formula is C22H17ClF3N7O3. The zero-order valence-corrected chi connectivity index (χ0v) is 18.9. The molecular weight excluding hydrogens is 503 g/mol. The number of carbonyl (C=O) groups is 1. The number of rotatable bonds is 8. The van der Waals surface area contributed by atoms with Crippen molar-refractivity contribution in [1.29, 1.82) is 0 Å². The van der Waals surface area contributed by atoms with Gasteiger partial charge in [0.05, 0.1) is 28.8 Å². The first-order valence-corrected chi connectivity index (χ1v) is 10.6. The van der Waals surface area contributed by atoms with Gasteiger partial charge in [-0.25, -0.2) is 4.98 Å². The van der Waals surface area contributed by atoms with Gasteiger partial charge < -0.3 is 25.9 Å². The molecule has 0 aliphatic rings. The summed E-state index contributed by atoms with van der Waals surface area (Å²) in [5.74, 6) is -2.68. The van der Waals surface area contributed by atoms with Gasteiger partial charge in [0.2, 0.25) is 11.9 Å². The van der Waals surface area contributed by atoms with Gasteiger partial charge in [0.15, 0.2) is 0 Å². The smallest absolute Gasteiger partial charge is 0.412 e. The highest BCUT2D eigenvalue weighted by Crippen LogP contribution is 2.34. The van der Waals surface area contributed by atoms with Crippen molar-refractivity contribution in [2.45, 2.75) is 12.2 Å². The molecule has 0 saturated carbocycles. The van der Waals surface area contributed by atoms with E-state index in [-0.39, 0.29) is 34.5 Å². The fraction of sp³-hybridized carbons (Fsp3) is 0.136. The first kappa shape index (κ1) is 24.9. The number of aromatic nitrogens is 4. The molecule has 5 N–H and O–H groups in total. The lowest BCUT2D eigenvalue weighted by atomic mass is 10.1. The molecule has 1 atom stereocenters. The summed E-state index contributed by atoms with van der Waals surface area (Å²) in [6.45, 7) is -0.363. The maximum atomic E-state index is 13.0. The van der Waals surface area contributed by atoms with Crippen molar-refractivity contribution in [3.05, 3.63) is 76.8 Å². The largest absolute Gasteiger partial charge is 0.470 e. The van der Waals surface area contributed by atoms with Gasteiger partial charge in [0.25, 0.3) is 5.89 Å². The molecule has 0 spiro atoms. The van der Waals surface area contributed by atoms with Crippen LogP contribution >= 0.6 is 11.6 Å². The van der Waals surface area contributed by atoms with Crippen LogP contribution in [0.3, 0.4) is 0 Å². The summed E-state index contributed by atoms with van der Waals surface area (Å²) >= 11 is 6.08. The number of hydrogen-bond acceptors (Lipinski definition) is 9. The second-order valence-electron chi connectivity index (χ2n) is 7.34. The molecule has 2 aromatic carbocycles. The van der Waals surface area contributed by atoms with E-state index in [1.54, 1.807) is 30.3 Å². The summed E-state index contributed by atoms with van der Waals surface area (Å²) in [5.41, 5.74) is 6.44. The normalized spacial score (nSPS) is 12.2. The minimum Gasteiger partial charge on any atom is -0.412 e. The van der Waals surface area contributed by atoms with E-state index in [9.17, 15) is 23.1 Å². The minimum absolute atomic E-state index is 0.00707. The first-order valence-electron chi connectivity index (χ1n) is 10.2. The number of nitrogens with one attached hydrogen (secondary N) is 2. The second kappa shape index (κ2) is 10.2. The number of aliphatic hydroxyl groups excluding tert-OH is 1. The number of nitrogens with two attached hydrogens (primary N) is 1. The van der Waals surface area contributed by atoms with Crippen molar-refractivity contribution < 1.29 is 27.5 Å². The molecule has 0 radical (unpaired) electrons. The second-order valence-corrected chi connectivity index (χ2v) is 7.75. The average Bonchev–Trinajstić information content (AvgIpc) is 3.34. The number of anilines is 3. The highest BCUT2D eigenvalue weighted by atomic mass is 35.5. The predicted octanol–water partition coefficient (Wildman–Crippen LogP) is 4.19. The van der Waals surface area contributed by atoms with E-state index in [0.717, 1.165) is 0 Å². The lowest BCUT2D eigenvalue weighted by Crippen LogP contribution is -2.17. The molecule has 0 bridgehead atoms. The number of alkyl halides is 3. The SMILES string of the molecule is NC(=O)c1ccc(Nc2ncc(-c3nnc(C(F)(F)F)o3)c(N[C@H](CO)c3ccccc3)n2)cc1Cl. The number of amides is 1. The molecule has 36 heavy (non-hydrogen) atoms. The van der Waals surface area contributed by atoms with Crippen LogP contribution in [0, 0.1) is 0 Å². The third kappa shape index (κ3) is 5.53. The fourth-order valence-corrected chi connectivity index (χ4v) is 3.44. The first-order chi connectivity index (χ1) is 17.2. The lowest BCUT2D eigenvalue weighted by molar-refractivity contribution is -0.156. The van der Waals surface area contributed by atoms with E-state index in [0.29, 0.717) is 11.3 Å². The Bertz CT molecular complexity index is 1380. The van der Waals surface area contributed by atoms with Crippen LogP contribution in [0.5, 0.6) is 0 Å².